The van der Waals surface area contributed by atoms with Crippen molar-refractivity contribution in [1.29, 1.82) is 0 Å². The van der Waals surface area contributed by atoms with Crippen molar-refractivity contribution < 1.29 is 37.1 Å². The highest BCUT2D eigenvalue weighted by Gasteiger charge is 2.38. The highest BCUT2D eigenvalue weighted by atomic mass is 19.4. The van der Waals surface area contributed by atoms with Gasteiger partial charge in [0.1, 0.15) is 11.6 Å². The van der Waals surface area contributed by atoms with Gasteiger partial charge in [-0.15, -0.1) is 0 Å². The summed E-state index contributed by atoms with van der Waals surface area (Å²) < 4.78 is 47.0. The van der Waals surface area contributed by atoms with E-state index < -0.39 is 18.0 Å². The fourth-order valence-electron chi connectivity index (χ4n) is 5.28. The first-order chi connectivity index (χ1) is 23.1. The van der Waals surface area contributed by atoms with Gasteiger partial charge in [-0.1, -0.05) is 30.3 Å². The molecule has 1 unspecified atom stereocenters. The predicted molar refractivity (Wildman–Crippen MR) is 178 cm³/mol. The Morgan fingerprint density at radius 3 is 2.10 bits per heavy atom. The number of nitrogens with one attached hydrogen (secondary N) is 2. The van der Waals surface area contributed by atoms with Crippen molar-refractivity contribution in [3.8, 4) is 16.9 Å². The molecule has 10 nitrogen and oxygen atoms in total. The first kappa shape index (κ1) is 36.8. The number of piperazine rings is 1. The molecule has 1 atom stereocenters. The summed E-state index contributed by atoms with van der Waals surface area (Å²) in [5, 5.41) is 17.9. The van der Waals surface area contributed by atoms with E-state index in [-0.39, 0.29) is 24.4 Å². The Morgan fingerprint density at radius 1 is 0.857 bits per heavy atom. The lowest BCUT2D eigenvalue weighted by molar-refractivity contribution is -0.192. The van der Waals surface area contributed by atoms with Gasteiger partial charge >= 0.3 is 12.1 Å². The number of aryl methyl sites for hydroxylation is 3. The Morgan fingerprint density at radius 2 is 1.49 bits per heavy atom. The molecular weight excluding hydrogens is 644 g/mol. The maximum Gasteiger partial charge on any atom is 0.490 e. The van der Waals surface area contributed by atoms with Crippen molar-refractivity contribution in [2.24, 2.45) is 0 Å². The largest absolute Gasteiger partial charge is 0.490 e. The fourth-order valence-corrected chi connectivity index (χ4v) is 5.28. The highest BCUT2D eigenvalue weighted by Crippen LogP contribution is 2.29. The maximum absolute atomic E-state index is 13.5. The van der Waals surface area contributed by atoms with Gasteiger partial charge in [0, 0.05) is 43.5 Å². The molecule has 4 aromatic rings. The van der Waals surface area contributed by atoms with Crippen molar-refractivity contribution in [1.82, 2.24) is 19.6 Å². The zero-order valence-electron chi connectivity index (χ0n) is 27.5. The smallest absolute Gasteiger partial charge is 0.475 e. The number of rotatable bonds is 8. The van der Waals surface area contributed by atoms with Gasteiger partial charge in [-0.05, 0) is 80.8 Å². The molecule has 0 bridgehead atoms. The van der Waals surface area contributed by atoms with Crippen LogP contribution in [0.2, 0.25) is 0 Å². The summed E-state index contributed by atoms with van der Waals surface area (Å²) in [4.78, 5) is 39.0. The molecule has 0 saturated carbocycles. The Balaban J connectivity index is 0.000000698. The van der Waals surface area contributed by atoms with E-state index in [0.29, 0.717) is 37.7 Å². The van der Waals surface area contributed by atoms with E-state index >= 15 is 0 Å². The van der Waals surface area contributed by atoms with Crippen LogP contribution in [0.5, 0.6) is 0 Å². The predicted octanol–water partition coefficient (Wildman–Crippen LogP) is 5.82. The highest BCUT2D eigenvalue weighted by molar-refractivity contribution is 5.94. The molecule has 2 heterocycles. The number of hydrogen-bond acceptors (Lipinski definition) is 6. The van der Waals surface area contributed by atoms with Gasteiger partial charge in [0.2, 0.25) is 11.8 Å². The third-order valence-electron chi connectivity index (χ3n) is 8.13. The molecule has 3 aromatic carbocycles. The summed E-state index contributed by atoms with van der Waals surface area (Å²) in [7, 11) is 0. The Labute approximate surface area is 281 Å². The van der Waals surface area contributed by atoms with Gasteiger partial charge in [-0.3, -0.25) is 19.4 Å². The molecule has 1 fully saturated rings. The molecule has 260 valence electrons. The number of amides is 2. The van der Waals surface area contributed by atoms with E-state index in [1.165, 1.54) is 23.3 Å². The van der Waals surface area contributed by atoms with E-state index in [2.05, 4.69) is 53.3 Å². The van der Waals surface area contributed by atoms with Crippen molar-refractivity contribution in [3.05, 3.63) is 95.3 Å². The van der Waals surface area contributed by atoms with Crippen LogP contribution in [0.15, 0.2) is 72.8 Å². The summed E-state index contributed by atoms with van der Waals surface area (Å²) in [6, 6.07) is 21.5. The molecule has 1 aromatic heterocycles. The maximum atomic E-state index is 13.5. The van der Waals surface area contributed by atoms with E-state index in [1.807, 2.05) is 43.3 Å². The van der Waals surface area contributed by atoms with Crippen LogP contribution >= 0.6 is 0 Å². The zero-order chi connectivity index (χ0) is 35.9. The van der Waals surface area contributed by atoms with Crippen LogP contribution in [-0.2, 0) is 14.4 Å². The number of carboxylic acid groups (broad SMARTS) is 1. The Bertz CT molecular complexity index is 1790. The quantitative estimate of drug-likeness (QED) is 0.201. The van der Waals surface area contributed by atoms with Gasteiger partial charge < -0.3 is 15.7 Å². The summed E-state index contributed by atoms with van der Waals surface area (Å²) in [6.45, 7) is 10.9. The first-order valence-corrected chi connectivity index (χ1v) is 15.5. The number of para-hydroxylation sites is 1. The second-order valence-corrected chi connectivity index (χ2v) is 11.8. The molecule has 1 aliphatic heterocycles. The van der Waals surface area contributed by atoms with Crippen LogP contribution < -0.4 is 10.6 Å². The van der Waals surface area contributed by atoms with Crippen molar-refractivity contribution >= 4 is 29.3 Å². The standard InChI is InChI=1S/C33H37FN6O2.C2HF3O2/c1-22-17-24(3)29(18-23(22)2)30-20-31(40(37-30)28-11-6-5-7-12-28)36-32(41)21-38-13-15-39(16-14-38)25(4)33(42)35-27-10-8-9-26(34)19-27;3-2(4,5)1(6)7/h5-12,17-20,25H,13-16,21H2,1-4H3,(H,35,42)(H,36,41);(H,6,7). The number of carboxylic acids is 1. The number of carbonyl (C=O) groups excluding carboxylic acids is 2. The van der Waals surface area contributed by atoms with Gasteiger partial charge in [-0.2, -0.15) is 18.3 Å². The summed E-state index contributed by atoms with van der Waals surface area (Å²) >= 11 is 0. The van der Waals surface area contributed by atoms with Crippen LogP contribution in [0.4, 0.5) is 29.1 Å². The zero-order valence-corrected chi connectivity index (χ0v) is 27.5. The average molecular weight is 683 g/mol. The van der Waals surface area contributed by atoms with Crippen molar-refractivity contribution in [2.75, 3.05) is 43.4 Å². The molecular formula is C35H38F4N6O4. The topological polar surface area (TPSA) is 120 Å². The van der Waals surface area contributed by atoms with Gasteiger partial charge in [0.15, 0.2) is 0 Å². The number of anilines is 2. The van der Waals surface area contributed by atoms with Crippen LogP contribution in [0.3, 0.4) is 0 Å². The molecule has 3 N–H and O–H groups in total. The van der Waals surface area contributed by atoms with Gasteiger partial charge in [-0.25, -0.2) is 13.9 Å². The second-order valence-electron chi connectivity index (χ2n) is 11.8. The van der Waals surface area contributed by atoms with Crippen LogP contribution in [0.1, 0.15) is 23.6 Å². The minimum absolute atomic E-state index is 0.124. The second kappa shape index (κ2) is 15.9. The van der Waals surface area contributed by atoms with Crippen LogP contribution in [0.25, 0.3) is 16.9 Å². The Hall–Kier alpha value is -5.08. The van der Waals surface area contributed by atoms with Crippen molar-refractivity contribution in [2.45, 2.75) is 39.9 Å². The first-order valence-electron chi connectivity index (χ1n) is 15.5. The van der Waals surface area contributed by atoms with E-state index in [0.717, 1.165) is 22.5 Å². The number of carbonyl (C=O) groups is 3. The van der Waals surface area contributed by atoms with Crippen LogP contribution in [-0.4, -0.2) is 87.4 Å². The lowest BCUT2D eigenvalue weighted by atomic mass is 9.99. The average Bonchev–Trinajstić information content (AvgIpc) is 3.46. The number of benzene rings is 3. The lowest BCUT2D eigenvalue weighted by Gasteiger charge is -2.37. The fraction of sp³-hybridized carbons (Fsp3) is 0.314. The number of hydrogen-bond donors (Lipinski definition) is 3. The lowest BCUT2D eigenvalue weighted by Crippen LogP contribution is -2.53. The minimum Gasteiger partial charge on any atom is -0.475 e. The molecule has 2 amide bonds. The molecule has 1 saturated heterocycles. The number of nitrogens with zero attached hydrogens (tertiary/aromatic N) is 4. The third-order valence-corrected chi connectivity index (χ3v) is 8.13. The molecule has 1 aliphatic rings. The molecule has 0 aliphatic carbocycles. The molecule has 14 heteroatoms. The number of aliphatic carboxylic acids is 1. The third kappa shape index (κ3) is 9.97. The number of aromatic nitrogens is 2. The van der Waals surface area contributed by atoms with Gasteiger partial charge in [0.05, 0.1) is 24.0 Å². The van der Waals surface area contributed by atoms with E-state index in [9.17, 15) is 27.2 Å². The summed E-state index contributed by atoms with van der Waals surface area (Å²) in [5.74, 6) is -2.85. The minimum atomic E-state index is -5.08. The normalized spacial score (nSPS) is 14.4. The molecule has 0 spiro atoms. The summed E-state index contributed by atoms with van der Waals surface area (Å²) in [5.41, 5.74) is 6.69. The van der Waals surface area contributed by atoms with Crippen LogP contribution in [0, 0.1) is 26.6 Å². The van der Waals surface area contributed by atoms with E-state index in [4.69, 9.17) is 15.0 Å². The molecule has 5 rings (SSSR count). The molecule has 0 radical (unpaired) electrons. The van der Waals surface area contributed by atoms with E-state index in [1.54, 1.807) is 16.8 Å². The monoisotopic (exact) mass is 682 g/mol. The van der Waals surface area contributed by atoms with Crippen molar-refractivity contribution in [3.63, 3.8) is 0 Å². The number of alkyl halides is 3. The SMILES string of the molecule is Cc1cc(C)c(-c2cc(NC(=O)CN3CCN(C(C)C(=O)Nc4cccc(F)c4)CC3)n(-c3ccccc3)n2)cc1C.O=C(O)C(F)(F)F. The van der Waals surface area contributed by atoms with Gasteiger partial charge in [0.25, 0.3) is 0 Å². The number of halogens is 4. The Kier molecular flexibility index (Phi) is 11.9. The molecule has 49 heavy (non-hydrogen) atoms. The summed E-state index contributed by atoms with van der Waals surface area (Å²) in [6.07, 6.45) is -5.08.